The first-order valence-electron chi connectivity index (χ1n) is 11.8. The Hall–Kier alpha value is -4.42. The van der Waals surface area contributed by atoms with Gasteiger partial charge in [0.05, 0.1) is 38.3 Å². The number of carbonyl (C=O) groups is 1. The number of nitro groups is 1. The molecule has 196 valence electrons. The van der Waals surface area contributed by atoms with Crippen molar-refractivity contribution in [3.05, 3.63) is 119 Å². The van der Waals surface area contributed by atoms with E-state index in [-0.39, 0.29) is 17.9 Å². The van der Waals surface area contributed by atoms with E-state index in [1.165, 1.54) is 10.6 Å². The Labute approximate surface area is 230 Å². The number of nitrogens with zero attached hydrogens (tertiary/aromatic N) is 5. The summed E-state index contributed by atoms with van der Waals surface area (Å²) < 4.78 is 7.11. The summed E-state index contributed by atoms with van der Waals surface area (Å²) in [7, 11) is 0. The first-order valence-corrected chi connectivity index (χ1v) is 13.5. The average molecular weight is 560 g/mol. The molecule has 1 aliphatic heterocycles. The van der Waals surface area contributed by atoms with Gasteiger partial charge in [-0.05, 0) is 54.9 Å². The minimum Gasteiger partial charge on any atom is -0.463 e. The molecule has 0 unspecified atom stereocenters. The summed E-state index contributed by atoms with van der Waals surface area (Å²) in [4.78, 5) is 51.6. The number of thiazole rings is 1. The third-order valence-electron chi connectivity index (χ3n) is 5.85. The van der Waals surface area contributed by atoms with Crippen LogP contribution < -0.4 is 14.9 Å². The Kier molecular flexibility index (Phi) is 7.48. The molecule has 2 aromatic heterocycles. The minimum atomic E-state index is -0.720. The van der Waals surface area contributed by atoms with Gasteiger partial charge in [-0.25, -0.2) is 19.8 Å². The van der Waals surface area contributed by atoms with Crippen LogP contribution >= 0.6 is 23.1 Å². The molecule has 10 nitrogen and oxygen atoms in total. The van der Waals surface area contributed by atoms with Crippen LogP contribution in [0.3, 0.4) is 0 Å². The lowest BCUT2D eigenvalue weighted by atomic mass is 9.96. The van der Waals surface area contributed by atoms with Crippen molar-refractivity contribution in [1.29, 1.82) is 0 Å². The van der Waals surface area contributed by atoms with Gasteiger partial charge in [0, 0.05) is 18.5 Å². The monoisotopic (exact) mass is 559 g/mol. The summed E-state index contributed by atoms with van der Waals surface area (Å²) in [6.07, 6.45) is 4.72. The predicted octanol–water partition coefficient (Wildman–Crippen LogP) is 3.65. The van der Waals surface area contributed by atoms with Gasteiger partial charge >= 0.3 is 5.97 Å². The van der Waals surface area contributed by atoms with Crippen LogP contribution in [-0.4, -0.2) is 32.0 Å². The molecule has 0 fully saturated rings. The van der Waals surface area contributed by atoms with Crippen molar-refractivity contribution in [3.63, 3.8) is 0 Å². The molecule has 5 rings (SSSR count). The number of ether oxygens (including phenoxy) is 1. The third-order valence-corrected chi connectivity index (χ3v) is 7.79. The van der Waals surface area contributed by atoms with Crippen molar-refractivity contribution in [1.82, 2.24) is 14.5 Å². The summed E-state index contributed by atoms with van der Waals surface area (Å²) in [5.41, 5.74) is 1.49. The molecule has 0 amide bonds. The zero-order valence-electron chi connectivity index (χ0n) is 20.8. The number of hydrogen-bond acceptors (Lipinski definition) is 10. The third kappa shape index (κ3) is 5.29. The molecule has 4 aromatic rings. The van der Waals surface area contributed by atoms with E-state index in [9.17, 15) is 19.7 Å². The lowest BCUT2D eigenvalue weighted by molar-refractivity contribution is -0.387. The minimum absolute atomic E-state index is 0.128. The Morgan fingerprint density at radius 3 is 2.62 bits per heavy atom. The Bertz CT molecular complexity index is 1780. The normalized spacial score (nSPS) is 15.0. The SMILES string of the molecule is CCOC(=O)C1=C(C)N=c2s/c(=C/c3ccc(Sc4ncccn4)c([N+](=O)[O-])c3)c(=O)n2[C@H]1c1ccccc1. The maximum absolute atomic E-state index is 13.7. The molecule has 0 saturated carbocycles. The van der Waals surface area contributed by atoms with Crippen LogP contribution in [0.5, 0.6) is 0 Å². The second-order valence-corrected chi connectivity index (χ2v) is 10.3. The van der Waals surface area contributed by atoms with Crippen LogP contribution in [0.1, 0.15) is 31.0 Å². The summed E-state index contributed by atoms with van der Waals surface area (Å²) in [6.45, 7) is 3.62. The Morgan fingerprint density at radius 1 is 1.18 bits per heavy atom. The summed E-state index contributed by atoms with van der Waals surface area (Å²) in [5, 5.41) is 12.2. The lowest BCUT2D eigenvalue weighted by Gasteiger charge is -2.24. The van der Waals surface area contributed by atoms with Crippen LogP contribution in [0, 0.1) is 10.1 Å². The predicted molar refractivity (Wildman–Crippen MR) is 146 cm³/mol. The number of benzene rings is 2. The lowest BCUT2D eigenvalue weighted by Crippen LogP contribution is -2.39. The fourth-order valence-corrected chi connectivity index (χ4v) is 6.03. The molecule has 0 N–H and O–H groups in total. The highest BCUT2D eigenvalue weighted by Gasteiger charge is 2.33. The van der Waals surface area contributed by atoms with Crippen molar-refractivity contribution in [2.24, 2.45) is 4.99 Å². The molecule has 0 saturated heterocycles. The molecule has 1 atom stereocenters. The fourth-order valence-electron chi connectivity index (χ4n) is 4.18. The largest absolute Gasteiger partial charge is 0.463 e. The topological polar surface area (TPSA) is 130 Å². The van der Waals surface area contributed by atoms with Crippen molar-refractivity contribution >= 4 is 40.8 Å². The quantitative estimate of drug-likeness (QED) is 0.145. The van der Waals surface area contributed by atoms with Crippen molar-refractivity contribution < 1.29 is 14.5 Å². The molecular formula is C27H21N5O5S2. The van der Waals surface area contributed by atoms with Gasteiger partial charge in [-0.15, -0.1) is 0 Å². The molecule has 1 aliphatic rings. The number of fused-ring (bicyclic) bond motifs is 1. The highest BCUT2D eigenvalue weighted by atomic mass is 32.2. The van der Waals surface area contributed by atoms with E-state index < -0.39 is 16.9 Å². The van der Waals surface area contributed by atoms with Gasteiger partial charge in [0.25, 0.3) is 11.2 Å². The number of aromatic nitrogens is 3. The van der Waals surface area contributed by atoms with E-state index in [0.717, 1.165) is 28.7 Å². The van der Waals surface area contributed by atoms with Gasteiger partial charge in [-0.1, -0.05) is 47.7 Å². The van der Waals surface area contributed by atoms with Crippen LogP contribution in [0.4, 0.5) is 5.69 Å². The second-order valence-electron chi connectivity index (χ2n) is 8.33. The molecule has 0 radical (unpaired) electrons. The number of allylic oxidation sites excluding steroid dienone is 1. The first-order chi connectivity index (χ1) is 18.9. The zero-order valence-corrected chi connectivity index (χ0v) is 22.4. The molecule has 0 spiro atoms. The summed E-state index contributed by atoms with van der Waals surface area (Å²) in [6, 6.07) is 14.9. The number of carbonyl (C=O) groups excluding carboxylic acids is 1. The Balaban J connectivity index is 1.62. The molecule has 2 aromatic carbocycles. The van der Waals surface area contributed by atoms with Crippen LogP contribution in [0.15, 0.2) is 98.1 Å². The molecular weight excluding hydrogens is 538 g/mol. The second kappa shape index (κ2) is 11.1. The molecule has 39 heavy (non-hydrogen) atoms. The molecule has 0 aliphatic carbocycles. The van der Waals surface area contributed by atoms with Crippen LogP contribution in [0.25, 0.3) is 6.08 Å². The van der Waals surface area contributed by atoms with E-state index in [1.54, 1.807) is 50.5 Å². The number of nitro benzene ring substituents is 1. The van der Waals surface area contributed by atoms with Crippen LogP contribution in [0.2, 0.25) is 0 Å². The van der Waals surface area contributed by atoms with E-state index in [1.807, 2.05) is 30.3 Å². The standard InChI is InChI=1S/C27H21N5O5S2/c1-3-37-25(34)22-16(2)30-27-31(23(22)18-8-5-4-6-9-18)24(33)21(39-27)15-17-10-11-20(19(14-17)32(35)36)38-26-28-12-7-13-29-26/h4-15,23H,3H2,1-2H3/b21-15+/t23-/m0/s1. The highest BCUT2D eigenvalue weighted by molar-refractivity contribution is 7.99. The van der Waals surface area contributed by atoms with Crippen molar-refractivity contribution in [3.8, 4) is 0 Å². The van der Waals surface area contributed by atoms with Gasteiger partial charge in [-0.3, -0.25) is 19.5 Å². The highest BCUT2D eigenvalue weighted by Crippen LogP contribution is 2.34. The molecule has 3 heterocycles. The smallest absolute Gasteiger partial charge is 0.338 e. The van der Waals surface area contributed by atoms with E-state index in [0.29, 0.717) is 36.2 Å². The fraction of sp³-hybridized carbons (Fsp3) is 0.148. The molecule has 12 heteroatoms. The average Bonchev–Trinajstić information content (AvgIpc) is 3.23. The zero-order chi connectivity index (χ0) is 27.5. The summed E-state index contributed by atoms with van der Waals surface area (Å²) in [5.74, 6) is -0.534. The van der Waals surface area contributed by atoms with Gasteiger partial charge in [0.2, 0.25) is 0 Å². The Morgan fingerprint density at radius 2 is 1.92 bits per heavy atom. The first kappa shape index (κ1) is 26.2. The number of hydrogen-bond donors (Lipinski definition) is 0. The van der Waals surface area contributed by atoms with Crippen molar-refractivity contribution in [2.45, 2.75) is 29.9 Å². The van der Waals surface area contributed by atoms with Gasteiger partial charge in [0.15, 0.2) is 9.96 Å². The summed E-state index contributed by atoms with van der Waals surface area (Å²) >= 11 is 2.24. The molecule has 0 bridgehead atoms. The maximum Gasteiger partial charge on any atom is 0.338 e. The van der Waals surface area contributed by atoms with E-state index >= 15 is 0 Å². The van der Waals surface area contributed by atoms with Gasteiger partial charge in [-0.2, -0.15) is 0 Å². The van der Waals surface area contributed by atoms with E-state index in [2.05, 4.69) is 15.0 Å². The van der Waals surface area contributed by atoms with E-state index in [4.69, 9.17) is 4.74 Å². The van der Waals surface area contributed by atoms with Crippen LogP contribution in [-0.2, 0) is 9.53 Å². The number of esters is 1. The van der Waals surface area contributed by atoms with Crippen molar-refractivity contribution in [2.75, 3.05) is 6.61 Å². The van der Waals surface area contributed by atoms with Gasteiger partial charge < -0.3 is 4.74 Å². The van der Waals surface area contributed by atoms with Gasteiger partial charge in [0.1, 0.15) is 0 Å². The maximum atomic E-state index is 13.7. The number of rotatable bonds is 7.